The molecule has 0 saturated carbocycles. The van der Waals surface area contributed by atoms with Crippen LogP contribution in [0.3, 0.4) is 0 Å². The molecule has 0 bridgehead atoms. The maximum Gasteiger partial charge on any atom is 0.407 e. The molecule has 0 aliphatic carbocycles. The fourth-order valence-electron chi connectivity index (χ4n) is 1.37. The van der Waals surface area contributed by atoms with E-state index in [0.717, 1.165) is 0 Å². The predicted molar refractivity (Wildman–Crippen MR) is 78.0 cm³/mol. The molecule has 0 fully saturated rings. The van der Waals surface area contributed by atoms with Gasteiger partial charge in [0, 0.05) is 6.42 Å². The molecule has 19 heavy (non-hydrogen) atoms. The standard InChI is InChI=1S/C12H21FINO4/c1-7(16)9(17)8(6-12(5,13)14)15-10(18)19-11(2,3)4/h8-9,17H,6H2,1-5H3,(H,15,18)/t8-,9?,12?/m0/s1. The summed E-state index contributed by atoms with van der Waals surface area (Å²) in [5.74, 6) is -0.540. The van der Waals surface area contributed by atoms with E-state index in [1.165, 1.54) is 13.8 Å². The van der Waals surface area contributed by atoms with Crippen molar-refractivity contribution in [2.24, 2.45) is 0 Å². The van der Waals surface area contributed by atoms with Gasteiger partial charge in [-0.2, -0.15) is 0 Å². The zero-order chi connectivity index (χ0) is 15.4. The molecule has 0 aromatic heterocycles. The van der Waals surface area contributed by atoms with Gasteiger partial charge >= 0.3 is 6.09 Å². The number of nitrogens with one attached hydrogen (secondary N) is 1. The number of alkyl halides is 2. The zero-order valence-electron chi connectivity index (χ0n) is 11.8. The van der Waals surface area contributed by atoms with Crippen molar-refractivity contribution in [1.82, 2.24) is 5.32 Å². The summed E-state index contributed by atoms with van der Waals surface area (Å²) in [6, 6.07) is -1.03. The summed E-state index contributed by atoms with van der Waals surface area (Å²) in [4.78, 5) is 22.8. The van der Waals surface area contributed by atoms with Crippen molar-refractivity contribution in [2.45, 2.75) is 62.5 Å². The molecule has 0 radical (unpaired) electrons. The Bertz CT molecular complexity index is 336. The van der Waals surface area contributed by atoms with Crippen LogP contribution in [0.5, 0.6) is 0 Å². The van der Waals surface area contributed by atoms with Crippen LogP contribution >= 0.6 is 22.6 Å². The van der Waals surface area contributed by atoms with Crippen LogP contribution in [0.15, 0.2) is 0 Å². The highest BCUT2D eigenvalue weighted by Gasteiger charge is 2.33. The van der Waals surface area contributed by atoms with E-state index in [1.807, 2.05) is 0 Å². The maximum atomic E-state index is 13.6. The number of ether oxygens (including phenoxy) is 1. The van der Waals surface area contributed by atoms with Crippen LogP contribution in [0, 0.1) is 0 Å². The average molecular weight is 389 g/mol. The summed E-state index contributed by atoms with van der Waals surface area (Å²) in [6.07, 6.45) is -2.45. The minimum Gasteiger partial charge on any atom is -0.444 e. The van der Waals surface area contributed by atoms with Crippen LogP contribution in [0.2, 0.25) is 0 Å². The molecule has 0 saturated heterocycles. The minimum atomic E-state index is -1.66. The summed E-state index contributed by atoms with van der Waals surface area (Å²) in [6.45, 7) is 7.52. The van der Waals surface area contributed by atoms with E-state index in [1.54, 1.807) is 43.4 Å². The third-order valence-corrected chi connectivity index (χ3v) is 2.52. The number of aliphatic hydroxyl groups is 1. The largest absolute Gasteiger partial charge is 0.444 e. The number of carbonyl (C=O) groups excluding carboxylic acids is 2. The zero-order valence-corrected chi connectivity index (χ0v) is 13.9. The molecule has 2 unspecified atom stereocenters. The third kappa shape index (κ3) is 9.15. The van der Waals surface area contributed by atoms with Gasteiger partial charge in [0.05, 0.1) is 6.04 Å². The smallest absolute Gasteiger partial charge is 0.407 e. The molecule has 0 aliphatic rings. The van der Waals surface area contributed by atoms with E-state index in [9.17, 15) is 19.1 Å². The molecule has 0 rings (SSSR count). The lowest BCUT2D eigenvalue weighted by Crippen LogP contribution is -2.49. The van der Waals surface area contributed by atoms with E-state index in [2.05, 4.69) is 5.32 Å². The Morgan fingerprint density at radius 3 is 2.16 bits per heavy atom. The first-order valence-corrected chi connectivity index (χ1v) is 6.95. The quantitative estimate of drug-likeness (QED) is 0.559. The maximum absolute atomic E-state index is 13.6. The van der Waals surface area contributed by atoms with E-state index < -0.39 is 33.3 Å². The Morgan fingerprint density at radius 2 is 1.84 bits per heavy atom. The van der Waals surface area contributed by atoms with Crippen molar-refractivity contribution in [3.05, 3.63) is 0 Å². The lowest BCUT2D eigenvalue weighted by atomic mass is 10.0. The van der Waals surface area contributed by atoms with Gasteiger partial charge in [-0.3, -0.25) is 4.79 Å². The molecule has 7 heteroatoms. The Hall–Kier alpha value is -0.440. The van der Waals surface area contributed by atoms with Crippen molar-refractivity contribution in [3.8, 4) is 0 Å². The highest BCUT2D eigenvalue weighted by atomic mass is 127. The monoisotopic (exact) mass is 389 g/mol. The molecular weight excluding hydrogens is 368 g/mol. The van der Waals surface area contributed by atoms with Gasteiger partial charge in [0.2, 0.25) is 0 Å². The number of amides is 1. The van der Waals surface area contributed by atoms with Gasteiger partial charge in [-0.25, -0.2) is 9.18 Å². The van der Waals surface area contributed by atoms with Gasteiger partial charge in [-0.05, 0) is 57.2 Å². The van der Waals surface area contributed by atoms with Gasteiger partial charge in [0.15, 0.2) is 9.46 Å². The first-order valence-electron chi connectivity index (χ1n) is 5.88. The topological polar surface area (TPSA) is 75.6 Å². The molecule has 1 amide bonds. The average Bonchev–Trinajstić information content (AvgIpc) is 2.09. The molecule has 0 heterocycles. The second-order valence-corrected chi connectivity index (χ2v) is 7.83. The first kappa shape index (κ1) is 18.6. The molecular formula is C12H21FINO4. The molecule has 0 aromatic carbocycles. The van der Waals surface area contributed by atoms with Gasteiger partial charge in [0.25, 0.3) is 0 Å². The molecule has 3 atom stereocenters. The predicted octanol–water partition coefficient (Wildman–Crippen LogP) is 2.34. The summed E-state index contributed by atoms with van der Waals surface area (Å²) in [7, 11) is 0. The van der Waals surface area contributed by atoms with Crippen LogP contribution in [0.25, 0.3) is 0 Å². The van der Waals surface area contributed by atoms with Gasteiger partial charge < -0.3 is 15.2 Å². The van der Waals surface area contributed by atoms with Crippen LogP contribution in [-0.4, -0.2) is 38.4 Å². The first-order chi connectivity index (χ1) is 8.32. The van der Waals surface area contributed by atoms with Gasteiger partial charge in [-0.15, -0.1) is 0 Å². The van der Waals surface area contributed by atoms with Crippen molar-refractivity contribution >= 4 is 34.5 Å². The molecule has 112 valence electrons. The highest BCUT2D eigenvalue weighted by Crippen LogP contribution is 2.27. The number of hydrogen-bond acceptors (Lipinski definition) is 4. The third-order valence-electron chi connectivity index (χ3n) is 2.08. The molecule has 0 spiro atoms. The lowest BCUT2D eigenvalue weighted by molar-refractivity contribution is -0.126. The van der Waals surface area contributed by atoms with Crippen LogP contribution in [0.1, 0.15) is 41.0 Å². The molecule has 0 aliphatic heterocycles. The Balaban J connectivity index is 4.77. The number of hydrogen-bond donors (Lipinski definition) is 2. The number of alkyl carbamates (subject to hydrolysis) is 1. The number of Topliss-reactive ketones (excluding diaryl/α,β-unsaturated/α-hetero) is 1. The fraction of sp³-hybridized carbons (Fsp3) is 0.833. The van der Waals surface area contributed by atoms with E-state index >= 15 is 0 Å². The summed E-state index contributed by atoms with van der Waals surface area (Å²) in [5.41, 5.74) is -0.709. The molecule has 5 nitrogen and oxygen atoms in total. The second-order valence-electron chi connectivity index (χ2n) is 5.58. The lowest BCUT2D eigenvalue weighted by Gasteiger charge is -2.27. The molecule has 0 aromatic rings. The summed E-state index contributed by atoms with van der Waals surface area (Å²) < 4.78 is 17.0. The number of carbonyl (C=O) groups is 2. The number of halogens is 2. The summed E-state index contributed by atoms with van der Waals surface area (Å²) in [5, 5.41) is 12.0. The number of aliphatic hydroxyl groups excluding tert-OH is 1. The molecule has 2 N–H and O–H groups in total. The van der Waals surface area contributed by atoms with Crippen molar-refractivity contribution in [2.75, 3.05) is 0 Å². The van der Waals surface area contributed by atoms with Crippen LogP contribution in [0.4, 0.5) is 9.18 Å². The van der Waals surface area contributed by atoms with Crippen LogP contribution < -0.4 is 5.32 Å². The number of ketones is 1. The second kappa shape index (κ2) is 6.83. The fourth-order valence-corrected chi connectivity index (χ4v) is 1.84. The normalized spacial score (nSPS) is 18.1. The van der Waals surface area contributed by atoms with Gasteiger partial charge in [0.1, 0.15) is 11.7 Å². The Labute approximate surface area is 126 Å². The van der Waals surface area contributed by atoms with E-state index in [4.69, 9.17) is 4.74 Å². The Kier molecular flexibility index (Phi) is 6.67. The van der Waals surface area contributed by atoms with E-state index in [0.29, 0.717) is 0 Å². The van der Waals surface area contributed by atoms with Crippen LogP contribution in [-0.2, 0) is 9.53 Å². The summed E-state index contributed by atoms with van der Waals surface area (Å²) >= 11 is 1.54. The minimum absolute atomic E-state index is 0.201. The SMILES string of the molecule is CC(=O)C(O)[C@H](CC(C)(F)I)NC(=O)OC(C)(C)C. The van der Waals surface area contributed by atoms with E-state index in [-0.39, 0.29) is 6.42 Å². The highest BCUT2D eigenvalue weighted by molar-refractivity contribution is 14.1. The van der Waals surface area contributed by atoms with Crippen molar-refractivity contribution in [3.63, 3.8) is 0 Å². The van der Waals surface area contributed by atoms with Gasteiger partial charge in [-0.1, -0.05) is 0 Å². The van der Waals surface area contributed by atoms with Crippen molar-refractivity contribution in [1.29, 1.82) is 0 Å². The Morgan fingerprint density at radius 1 is 1.37 bits per heavy atom. The van der Waals surface area contributed by atoms with Crippen molar-refractivity contribution < 1.29 is 23.8 Å². The number of rotatable bonds is 5.